The third-order valence-corrected chi connectivity index (χ3v) is 3.83. The first-order valence-electron chi connectivity index (χ1n) is 6.48. The van der Waals surface area contributed by atoms with E-state index in [2.05, 4.69) is 59.0 Å². The Morgan fingerprint density at radius 1 is 0.950 bits per heavy atom. The fourth-order valence-electron chi connectivity index (χ4n) is 2.69. The van der Waals surface area contributed by atoms with E-state index in [1.165, 1.54) is 16.5 Å². The first-order valence-corrected chi connectivity index (χ1v) is 6.92. The van der Waals surface area contributed by atoms with Gasteiger partial charge in [-0.3, -0.25) is 0 Å². The van der Waals surface area contributed by atoms with Gasteiger partial charge in [0.05, 0.1) is 0 Å². The third kappa shape index (κ3) is 1.71. The molecule has 2 nitrogen and oxygen atoms in total. The number of thiol groups is 1. The van der Waals surface area contributed by atoms with Crippen LogP contribution >= 0.6 is 12.6 Å². The van der Waals surface area contributed by atoms with E-state index < -0.39 is 0 Å². The molecule has 0 aliphatic rings. The lowest BCUT2D eigenvalue weighted by molar-refractivity contribution is 1.35. The van der Waals surface area contributed by atoms with E-state index in [4.69, 9.17) is 0 Å². The lowest BCUT2D eigenvalue weighted by Gasteiger charge is -2.05. The van der Waals surface area contributed by atoms with Crippen LogP contribution in [-0.2, 0) is 0 Å². The minimum atomic E-state index is 0.928. The summed E-state index contributed by atoms with van der Waals surface area (Å²) in [6.07, 6.45) is 1.81. The van der Waals surface area contributed by atoms with E-state index in [-0.39, 0.29) is 0 Å². The average molecular weight is 276 g/mol. The molecule has 0 amide bonds. The summed E-state index contributed by atoms with van der Waals surface area (Å²) in [7, 11) is 0. The molecule has 20 heavy (non-hydrogen) atoms. The summed E-state index contributed by atoms with van der Waals surface area (Å²) in [5.74, 6) is 0. The van der Waals surface area contributed by atoms with Crippen molar-refractivity contribution in [2.45, 2.75) is 4.90 Å². The number of nitrogens with zero attached hydrogens (tertiary/aromatic N) is 1. The van der Waals surface area contributed by atoms with Crippen LogP contribution < -0.4 is 0 Å². The molecule has 4 rings (SSSR count). The molecule has 2 heterocycles. The minimum Gasteiger partial charge on any atom is -0.339 e. The van der Waals surface area contributed by atoms with Crippen molar-refractivity contribution in [1.29, 1.82) is 0 Å². The fourth-order valence-corrected chi connectivity index (χ4v) is 2.92. The number of nitrogens with one attached hydrogen (secondary N) is 1. The van der Waals surface area contributed by atoms with E-state index in [0.717, 1.165) is 21.4 Å². The second kappa shape index (κ2) is 4.39. The SMILES string of the molecule is Sc1cccc(-c2cccc3[nH]c4ncccc4c23)c1. The second-order valence-corrected chi connectivity index (χ2v) is 5.32. The number of rotatable bonds is 1. The molecule has 2 aromatic carbocycles. The molecule has 4 aromatic rings. The topological polar surface area (TPSA) is 28.7 Å². The van der Waals surface area contributed by atoms with Crippen LogP contribution in [0.3, 0.4) is 0 Å². The van der Waals surface area contributed by atoms with Gasteiger partial charge in [0.1, 0.15) is 5.65 Å². The van der Waals surface area contributed by atoms with Gasteiger partial charge in [-0.1, -0.05) is 24.3 Å². The number of pyridine rings is 1. The van der Waals surface area contributed by atoms with Crippen molar-refractivity contribution in [3.05, 3.63) is 60.8 Å². The average Bonchev–Trinajstić information content (AvgIpc) is 2.85. The molecule has 0 unspecified atom stereocenters. The summed E-state index contributed by atoms with van der Waals surface area (Å²) in [4.78, 5) is 8.74. The van der Waals surface area contributed by atoms with Gasteiger partial charge >= 0.3 is 0 Å². The standard InChI is InChI=1S/C17H12N2S/c20-12-5-1-4-11(10-12)13-6-2-8-15-16(13)14-7-3-9-18-17(14)19-15/h1-10,20H,(H,18,19). The molecule has 0 atom stereocenters. The largest absolute Gasteiger partial charge is 0.339 e. The summed E-state index contributed by atoms with van der Waals surface area (Å²) in [5.41, 5.74) is 4.42. The highest BCUT2D eigenvalue weighted by atomic mass is 32.1. The van der Waals surface area contributed by atoms with Crippen molar-refractivity contribution in [3.63, 3.8) is 0 Å². The maximum Gasteiger partial charge on any atom is 0.138 e. The van der Waals surface area contributed by atoms with E-state index >= 15 is 0 Å². The molecule has 2 aromatic heterocycles. The minimum absolute atomic E-state index is 0.928. The van der Waals surface area contributed by atoms with Gasteiger partial charge in [0.15, 0.2) is 0 Å². The van der Waals surface area contributed by atoms with E-state index in [9.17, 15) is 0 Å². The summed E-state index contributed by atoms with van der Waals surface area (Å²) < 4.78 is 0. The predicted molar refractivity (Wildman–Crippen MR) is 86.3 cm³/mol. The third-order valence-electron chi connectivity index (χ3n) is 3.55. The Balaban J connectivity index is 2.14. The van der Waals surface area contributed by atoms with Crippen LogP contribution in [-0.4, -0.2) is 9.97 Å². The van der Waals surface area contributed by atoms with Gasteiger partial charge in [0.2, 0.25) is 0 Å². The quantitative estimate of drug-likeness (QED) is 0.486. The Morgan fingerprint density at radius 2 is 1.85 bits per heavy atom. The van der Waals surface area contributed by atoms with Gasteiger partial charge in [-0.25, -0.2) is 4.98 Å². The van der Waals surface area contributed by atoms with Crippen LogP contribution in [0, 0.1) is 0 Å². The fraction of sp³-hybridized carbons (Fsp3) is 0. The van der Waals surface area contributed by atoms with E-state index in [1.807, 2.05) is 24.4 Å². The van der Waals surface area contributed by atoms with Crippen molar-refractivity contribution in [3.8, 4) is 11.1 Å². The van der Waals surface area contributed by atoms with Gasteiger partial charge in [0.25, 0.3) is 0 Å². The summed E-state index contributed by atoms with van der Waals surface area (Å²) in [6.45, 7) is 0. The van der Waals surface area contributed by atoms with E-state index in [1.54, 1.807) is 0 Å². The molecule has 0 radical (unpaired) electrons. The first-order chi connectivity index (χ1) is 9.83. The smallest absolute Gasteiger partial charge is 0.138 e. The molecule has 0 saturated heterocycles. The van der Waals surface area contributed by atoms with Crippen molar-refractivity contribution in [1.82, 2.24) is 9.97 Å². The van der Waals surface area contributed by atoms with Crippen LogP contribution in [0.5, 0.6) is 0 Å². The summed E-state index contributed by atoms with van der Waals surface area (Å²) in [6, 6.07) is 18.6. The highest BCUT2D eigenvalue weighted by molar-refractivity contribution is 7.80. The number of aromatic nitrogens is 2. The van der Waals surface area contributed by atoms with Crippen LogP contribution in [0.25, 0.3) is 33.1 Å². The summed E-state index contributed by atoms with van der Waals surface area (Å²) in [5, 5.41) is 2.37. The first kappa shape index (κ1) is 11.6. The maximum absolute atomic E-state index is 4.44. The zero-order chi connectivity index (χ0) is 13.5. The highest BCUT2D eigenvalue weighted by Crippen LogP contribution is 2.34. The van der Waals surface area contributed by atoms with Gasteiger partial charge in [0, 0.05) is 27.4 Å². The van der Waals surface area contributed by atoms with Gasteiger partial charge < -0.3 is 4.98 Å². The second-order valence-electron chi connectivity index (χ2n) is 4.80. The molecule has 0 bridgehead atoms. The number of fused-ring (bicyclic) bond motifs is 3. The molecule has 1 N–H and O–H groups in total. The molecule has 0 aliphatic carbocycles. The predicted octanol–water partition coefficient (Wildman–Crippen LogP) is 4.67. The van der Waals surface area contributed by atoms with Crippen molar-refractivity contribution in [2.24, 2.45) is 0 Å². The van der Waals surface area contributed by atoms with Gasteiger partial charge in [-0.05, 0) is 41.5 Å². The van der Waals surface area contributed by atoms with Crippen LogP contribution in [0.15, 0.2) is 65.7 Å². The van der Waals surface area contributed by atoms with Crippen LogP contribution in [0.1, 0.15) is 0 Å². The summed E-state index contributed by atoms with van der Waals surface area (Å²) >= 11 is 4.44. The molecule has 0 fully saturated rings. The zero-order valence-corrected chi connectivity index (χ0v) is 11.6. The number of H-pyrrole nitrogens is 1. The number of aromatic amines is 1. The Morgan fingerprint density at radius 3 is 2.75 bits per heavy atom. The number of hydrogen-bond donors (Lipinski definition) is 2. The van der Waals surface area contributed by atoms with Crippen molar-refractivity contribution in [2.75, 3.05) is 0 Å². The Labute approximate surface area is 121 Å². The zero-order valence-electron chi connectivity index (χ0n) is 10.7. The Bertz CT molecular complexity index is 924. The molecular formula is C17H12N2S. The van der Waals surface area contributed by atoms with Gasteiger partial charge in [-0.2, -0.15) is 0 Å². The van der Waals surface area contributed by atoms with Crippen LogP contribution in [0.2, 0.25) is 0 Å². The normalized spacial score (nSPS) is 11.2. The Hall–Kier alpha value is -2.26. The molecule has 96 valence electrons. The van der Waals surface area contributed by atoms with E-state index in [0.29, 0.717) is 0 Å². The highest BCUT2D eigenvalue weighted by Gasteiger charge is 2.10. The van der Waals surface area contributed by atoms with Gasteiger partial charge in [-0.15, -0.1) is 12.6 Å². The molecule has 3 heteroatoms. The van der Waals surface area contributed by atoms with Crippen molar-refractivity contribution >= 4 is 34.6 Å². The number of hydrogen-bond acceptors (Lipinski definition) is 2. The molecule has 0 saturated carbocycles. The lowest BCUT2D eigenvalue weighted by atomic mass is 10.00. The maximum atomic E-state index is 4.44. The van der Waals surface area contributed by atoms with Crippen molar-refractivity contribution < 1.29 is 0 Å². The molecule has 0 aliphatic heterocycles. The monoisotopic (exact) mass is 276 g/mol. The lowest BCUT2D eigenvalue weighted by Crippen LogP contribution is -1.80. The number of benzene rings is 2. The molecule has 0 spiro atoms. The Kier molecular flexibility index (Phi) is 2.54. The molecular weight excluding hydrogens is 264 g/mol. The van der Waals surface area contributed by atoms with Crippen LogP contribution in [0.4, 0.5) is 0 Å².